The number of nitrogens with zero attached hydrogens (tertiary/aromatic N) is 2. The number of hydrogen-bond acceptors (Lipinski definition) is 3. The van der Waals surface area contributed by atoms with Crippen molar-refractivity contribution in [3.05, 3.63) is 59.5 Å². The van der Waals surface area contributed by atoms with Crippen LogP contribution in [0, 0.1) is 23.6 Å². The Labute approximate surface area is 145 Å². The Morgan fingerprint density at radius 1 is 1.08 bits per heavy atom. The molecule has 2 aliphatic rings. The Kier molecular flexibility index (Phi) is 4.10. The Morgan fingerprint density at radius 2 is 1.84 bits per heavy atom. The number of ether oxygens (including phenoxy) is 1. The molecule has 1 aliphatic carbocycles. The van der Waals surface area contributed by atoms with Gasteiger partial charge in [0.1, 0.15) is 11.6 Å². The summed E-state index contributed by atoms with van der Waals surface area (Å²) in [6.45, 7) is 0.515. The number of aromatic nitrogens is 1. The van der Waals surface area contributed by atoms with Crippen molar-refractivity contribution in [3.8, 4) is 11.8 Å². The van der Waals surface area contributed by atoms with Gasteiger partial charge in [-0.2, -0.15) is 0 Å². The zero-order valence-corrected chi connectivity index (χ0v) is 13.6. The van der Waals surface area contributed by atoms with Crippen LogP contribution >= 0.6 is 0 Å². The Hall–Kier alpha value is -2.87. The highest BCUT2D eigenvalue weighted by Gasteiger charge is 2.41. The quantitative estimate of drug-likeness (QED) is 0.745. The van der Waals surface area contributed by atoms with Crippen molar-refractivity contribution < 1.29 is 13.9 Å². The summed E-state index contributed by atoms with van der Waals surface area (Å²) in [5, 5.41) is 0. The van der Waals surface area contributed by atoms with Crippen molar-refractivity contribution >= 4 is 11.9 Å². The number of pyridine rings is 1. The molecule has 0 radical (unpaired) electrons. The van der Waals surface area contributed by atoms with E-state index < -0.39 is 0 Å². The van der Waals surface area contributed by atoms with Gasteiger partial charge in [0, 0.05) is 29.3 Å². The van der Waals surface area contributed by atoms with Gasteiger partial charge in [0.05, 0.1) is 6.61 Å². The molecule has 2 atom stereocenters. The van der Waals surface area contributed by atoms with Gasteiger partial charge >= 0.3 is 6.09 Å². The lowest BCUT2D eigenvalue weighted by atomic mass is 10.0. The molecular weight excluding hydrogens is 319 g/mol. The summed E-state index contributed by atoms with van der Waals surface area (Å²) in [5.74, 6) is 6.69. The van der Waals surface area contributed by atoms with E-state index in [1.807, 2.05) is 6.07 Å². The number of amides is 1. The van der Waals surface area contributed by atoms with Crippen LogP contribution in [0.1, 0.15) is 30.4 Å². The zero-order chi connectivity index (χ0) is 17.2. The number of carbonyl (C=O) groups is 1. The van der Waals surface area contributed by atoms with Crippen LogP contribution in [-0.2, 0) is 4.74 Å². The maximum absolute atomic E-state index is 12.9. The summed E-state index contributed by atoms with van der Waals surface area (Å²) in [6.07, 6.45) is 4.53. The molecule has 1 saturated heterocycles. The van der Waals surface area contributed by atoms with Crippen molar-refractivity contribution in [1.82, 2.24) is 4.98 Å². The molecule has 2 aromatic rings. The number of hydrogen-bond donors (Lipinski definition) is 0. The van der Waals surface area contributed by atoms with Gasteiger partial charge in [-0.15, -0.1) is 0 Å². The average molecular weight is 336 g/mol. The number of benzene rings is 1. The molecule has 2 heterocycles. The number of anilines is 1. The molecular formula is C20H17FN2O2. The first-order valence-electron chi connectivity index (χ1n) is 8.40. The largest absolute Gasteiger partial charge is 0.449 e. The summed E-state index contributed by atoms with van der Waals surface area (Å²) >= 11 is 0. The third-order valence-corrected chi connectivity index (χ3v) is 4.76. The van der Waals surface area contributed by atoms with Crippen molar-refractivity contribution in [2.45, 2.75) is 25.3 Å². The van der Waals surface area contributed by atoms with Crippen molar-refractivity contribution in [3.63, 3.8) is 0 Å². The highest BCUT2D eigenvalue weighted by molar-refractivity contribution is 5.88. The van der Waals surface area contributed by atoms with Crippen LogP contribution in [0.4, 0.5) is 15.0 Å². The molecule has 0 spiro atoms. The van der Waals surface area contributed by atoms with Crippen molar-refractivity contribution in [2.75, 3.05) is 11.5 Å². The van der Waals surface area contributed by atoms with E-state index in [0.29, 0.717) is 18.3 Å². The fourth-order valence-electron chi connectivity index (χ4n) is 3.48. The molecule has 2 unspecified atom stereocenters. The molecule has 4 nitrogen and oxygen atoms in total. The molecule has 5 heteroatoms. The van der Waals surface area contributed by atoms with Gasteiger partial charge in [-0.3, -0.25) is 4.90 Å². The predicted molar refractivity (Wildman–Crippen MR) is 91.6 cm³/mol. The summed E-state index contributed by atoms with van der Waals surface area (Å²) in [5.41, 5.74) is 1.47. The maximum atomic E-state index is 12.9. The number of fused-ring (bicyclic) bond motifs is 1. The first-order chi connectivity index (χ1) is 12.2. The highest BCUT2D eigenvalue weighted by Crippen LogP contribution is 2.36. The highest BCUT2D eigenvalue weighted by atomic mass is 19.1. The van der Waals surface area contributed by atoms with Crippen molar-refractivity contribution in [2.24, 2.45) is 5.92 Å². The predicted octanol–water partition coefficient (Wildman–Crippen LogP) is 3.75. The fourth-order valence-corrected chi connectivity index (χ4v) is 3.48. The molecule has 25 heavy (non-hydrogen) atoms. The second kappa shape index (κ2) is 6.56. The minimum absolute atomic E-state index is 0.185. The molecule has 0 bridgehead atoms. The van der Waals surface area contributed by atoms with E-state index in [1.54, 1.807) is 29.3 Å². The number of halogens is 1. The Bertz CT molecular complexity index is 837. The van der Waals surface area contributed by atoms with Crippen LogP contribution in [0.3, 0.4) is 0 Å². The second-order valence-corrected chi connectivity index (χ2v) is 6.37. The topological polar surface area (TPSA) is 42.4 Å². The second-order valence-electron chi connectivity index (χ2n) is 6.37. The standard InChI is InChI=1S/C20H17FN2O2/c21-17-9-6-14(7-10-17)4-5-15-8-11-19(22-12-15)23-18-3-1-2-16(18)13-25-20(23)24/h6-12,16,18H,1-3,13H2. The molecule has 1 aliphatic heterocycles. The minimum atomic E-state index is -0.319. The lowest BCUT2D eigenvalue weighted by Gasteiger charge is -2.35. The van der Waals surface area contributed by atoms with Gasteiger partial charge in [0.15, 0.2) is 0 Å². The fraction of sp³-hybridized carbons (Fsp3) is 0.300. The molecule has 1 aromatic heterocycles. The SMILES string of the molecule is O=C1OCC2CCCC2N1c1ccc(C#Cc2ccc(F)cc2)cn1. The molecule has 2 fully saturated rings. The van der Waals surface area contributed by atoms with Gasteiger partial charge in [-0.05, 0) is 49.2 Å². The minimum Gasteiger partial charge on any atom is -0.449 e. The molecule has 4 rings (SSSR count). The van der Waals surface area contributed by atoms with Crippen LogP contribution in [0.5, 0.6) is 0 Å². The van der Waals surface area contributed by atoms with Gasteiger partial charge in [0.25, 0.3) is 0 Å². The van der Waals surface area contributed by atoms with E-state index in [9.17, 15) is 9.18 Å². The number of cyclic esters (lactones) is 1. The molecule has 126 valence electrons. The lowest BCUT2D eigenvalue weighted by Crippen LogP contribution is -2.49. The van der Waals surface area contributed by atoms with Gasteiger partial charge in [0.2, 0.25) is 0 Å². The van der Waals surface area contributed by atoms with Gasteiger partial charge in [-0.1, -0.05) is 18.3 Å². The van der Waals surface area contributed by atoms with E-state index in [1.165, 1.54) is 12.1 Å². The van der Waals surface area contributed by atoms with E-state index in [0.717, 1.165) is 30.4 Å². The van der Waals surface area contributed by atoms with Crippen molar-refractivity contribution in [1.29, 1.82) is 0 Å². The first kappa shape index (κ1) is 15.6. The maximum Gasteiger partial charge on any atom is 0.415 e. The normalized spacial score (nSPS) is 22.0. The van der Waals surface area contributed by atoms with E-state index in [-0.39, 0.29) is 18.0 Å². The van der Waals surface area contributed by atoms with E-state index in [4.69, 9.17) is 4.74 Å². The average Bonchev–Trinajstić information content (AvgIpc) is 3.10. The van der Waals surface area contributed by atoms with Crippen LogP contribution in [0.2, 0.25) is 0 Å². The summed E-state index contributed by atoms with van der Waals surface area (Å²) in [7, 11) is 0. The summed E-state index contributed by atoms with van der Waals surface area (Å²) in [6, 6.07) is 9.85. The Balaban J connectivity index is 1.54. The molecule has 1 saturated carbocycles. The smallest absolute Gasteiger partial charge is 0.415 e. The van der Waals surface area contributed by atoms with Crippen LogP contribution in [0.15, 0.2) is 42.6 Å². The number of rotatable bonds is 1. The molecule has 1 amide bonds. The Morgan fingerprint density at radius 3 is 2.60 bits per heavy atom. The van der Waals surface area contributed by atoms with E-state index >= 15 is 0 Å². The third-order valence-electron chi connectivity index (χ3n) is 4.76. The van der Waals surface area contributed by atoms with Crippen LogP contribution < -0.4 is 4.90 Å². The van der Waals surface area contributed by atoms with Crippen LogP contribution in [0.25, 0.3) is 0 Å². The van der Waals surface area contributed by atoms with E-state index in [2.05, 4.69) is 16.8 Å². The molecule has 0 N–H and O–H groups in total. The monoisotopic (exact) mass is 336 g/mol. The first-order valence-corrected chi connectivity index (χ1v) is 8.40. The summed E-state index contributed by atoms with van der Waals surface area (Å²) in [4.78, 5) is 18.2. The zero-order valence-electron chi connectivity index (χ0n) is 13.6. The van der Waals surface area contributed by atoms with Gasteiger partial charge < -0.3 is 4.74 Å². The molecule has 1 aromatic carbocycles. The summed E-state index contributed by atoms with van der Waals surface area (Å²) < 4.78 is 18.2. The van der Waals surface area contributed by atoms with Gasteiger partial charge in [-0.25, -0.2) is 14.2 Å². The van der Waals surface area contributed by atoms with Crippen LogP contribution in [-0.4, -0.2) is 23.7 Å². The third kappa shape index (κ3) is 3.20. The number of carbonyl (C=O) groups excluding carboxylic acids is 1. The lowest BCUT2D eigenvalue weighted by molar-refractivity contribution is 0.104.